The van der Waals surface area contributed by atoms with Crippen LogP contribution in [-0.2, 0) is 23.0 Å². The van der Waals surface area contributed by atoms with E-state index < -0.39 is 0 Å². The molecule has 1 aliphatic heterocycles. The molecule has 140 valence electrons. The van der Waals surface area contributed by atoms with Gasteiger partial charge in [0.15, 0.2) is 5.78 Å². The number of ether oxygens (including phenoxy) is 1. The van der Waals surface area contributed by atoms with Crippen molar-refractivity contribution in [2.45, 2.75) is 19.4 Å². The first-order valence-electron chi connectivity index (χ1n) is 9.29. The molecule has 0 bridgehead atoms. The van der Waals surface area contributed by atoms with Crippen LogP contribution in [0.2, 0.25) is 0 Å². The minimum absolute atomic E-state index is 0.193. The third-order valence-corrected chi connectivity index (χ3v) is 5.15. The molecule has 2 aromatic heterocycles. The first-order chi connectivity index (χ1) is 13.1. The minimum Gasteiger partial charge on any atom is -0.379 e. The number of aryl methyl sites for hydroxylation is 1. The van der Waals surface area contributed by atoms with Gasteiger partial charge in [-0.3, -0.25) is 14.7 Å². The third-order valence-electron chi connectivity index (χ3n) is 5.15. The monoisotopic (exact) mass is 364 g/mol. The first kappa shape index (κ1) is 17.8. The molecule has 1 atom stereocenters. The lowest BCUT2D eigenvalue weighted by atomic mass is 10.0. The van der Waals surface area contributed by atoms with Gasteiger partial charge in [-0.1, -0.05) is 12.1 Å². The van der Waals surface area contributed by atoms with Gasteiger partial charge < -0.3 is 9.30 Å². The Morgan fingerprint density at radius 3 is 2.93 bits per heavy atom. The van der Waals surface area contributed by atoms with E-state index in [9.17, 15) is 4.79 Å². The number of hydrogen-bond donors (Lipinski definition) is 0. The van der Waals surface area contributed by atoms with Gasteiger partial charge in [0.05, 0.1) is 44.4 Å². The minimum atomic E-state index is 0.193. The smallest absolute Gasteiger partial charge is 0.152 e. The highest BCUT2D eigenvalue weighted by molar-refractivity contribution is 5.88. The van der Waals surface area contributed by atoms with Gasteiger partial charge in [0, 0.05) is 42.5 Å². The fourth-order valence-corrected chi connectivity index (χ4v) is 3.56. The lowest BCUT2D eigenvalue weighted by Crippen LogP contribution is -2.46. The number of imidazole rings is 1. The van der Waals surface area contributed by atoms with Crippen LogP contribution >= 0.6 is 0 Å². The standard InChI is InChI=1S/C21H24N4O2/c1-15-13-27-6-5-25(15)12-20(26)9-19-8-18-7-16(3-4-17(18)10-23-19)21-11-22-14-24(21)2/h3-4,7-8,10-11,14-15H,5-6,9,12-13H2,1-2H3/t15-/m1/s1. The number of rotatable bonds is 5. The maximum absolute atomic E-state index is 12.5. The van der Waals surface area contributed by atoms with E-state index in [-0.39, 0.29) is 11.8 Å². The molecule has 3 aromatic rings. The molecule has 0 unspecified atom stereocenters. The molecule has 0 N–H and O–H groups in total. The fraction of sp³-hybridized carbons (Fsp3) is 0.381. The van der Waals surface area contributed by atoms with E-state index in [1.54, 1.807) is 6.33 Å². The lowest BCUT2D eigenvalue weighted by Gasteiger charge is -2.32. The van der Waals surface area contributed by atoms with Crippen molar-refractivity contribution in [3.63, 3.8) is 0 Å². The molecule has 0 radical (unpaired) electrons. The zero-order chi connectivity index (χ0) is 18.8. The Kier molecular flexibility index (Phi) is 5.01. The van der Waals surface area contributed by atoms with Gasteiger partial charge in [0.25, 0.3) is 0 Å². The summed E-state index contributed by atoms with van der Waals surface area (Å²) >= 11 is 0. The maximum Gasteiger partial charge on any atom is 0.152 e. The van der Waals surface area contributed by atoms with E-state index >= 15 is 0 Å². The summed E-state index contributed by atoms with van der Waals surface area (Å²) < 4.78 is 7.44. The van der Waals surface area contributed by atoms with Crippen molar-refractivity contribution in [2.24, 2.45) is 7.05 Å². The number of Topliss-reactive ketones (excluding diaryl/α,β-unsaturated/α-hetero) is 1. The number of morpholine rings is 1. The molecule has 1 saturated heterocycles. The van der Waals surface area contributed by atoms with Crippen molar-refractivity contribution >= 4 is 16.6 Å². The van der Waals surface area contributed by atoms with Crippen LogP contribution < -0.4 is 0 Å². The number of benzene rings is 1. The SMILES string of the molecule is C[C@@H]1COCCN1CC(=O)Cc1cc2cc(-c3cncn3C)ccc2cn1. The summed E-state index contributed by atoms with van der Waals surface area (Å²) in [6.45, 7) is 4.76. The highest BCUT2D eigenvalue weighted by atomic mass is 16.5. The van der Waals surface area contributed by atoms with Crippen LogP contribution in [0.1, 0.15) is 12.6 Å². The van der Waals surface area contributed by atoms with Crippen molar-refractivity contribution in [1.82, 2.24) is 19.4 Å². The molecule has 1 aromatic carbocycles. The molecule has 6 heteroatoms. The zero-order valence-electron chi connectivity index (χ0n) is 15.8. The van der Waals surface area contributed by atoms with Gasteiger partial charge in [-0.2, -0.15) is 0 Å². The predicted octanol–water partition coefficient (Wildman–Crippen LogP) is 2.47. The van der Waals surface area contributed by atoms with Gasteiger partial charge >= 0.3 is 0 Å². The number of hydrogen-bond acceptors (Lipinski definition) is 5. The van der Waals surface area contributed by atoms with Crippen LogP contribution in [-0.4, -0.2) is 57.6 Å². The van der Waals surface area contributed by atoms with E-state index in [2.05, 4.69) is 40.0 Å². The Morgan fingerprint density at radius 2 is 2.15 bits per heavy atom. The number of carbonyl (C=O) groups is 1. The molecule has 1 fully saturated rings. The largest absolute Gasteiger partial charge is 0.379 e. The molecule has 4 rings (SSSR count). The van der Waals surface area contributed by atoms with Crippen LogP contribution in [0.15, 0.2) is 43.0 Å². The molecule has 0 amide bonds. The van der Waals surface area contributed by atoms with Crippen molar-refractivity contribution in [1.29, 1.82) is 0 Å². The topological polar surface area (TPSA) is 60.2 Å². The summed E-state index contributed by atoms with van der Waals surface area (Å²) in [6, 6.07) is 8.58. The van der Waals surface area contributed by atoms with Gasteiger partial charge in [0.1, 0.15) is 0 Å². The predicted molar refractivity (Wildman–Crippen MR) is 105 cm³/mol. The summed E-state index contributed by atoms with van der Waals surface area (Å²) in [7, 11) is 1.98. The van der Waals surface area contributed by atoms with Crippen molar-refractivity contribution in [2.75, 3.05) is 26.3 Å². The maximum atomic E-state index is 12.5. The number of carbonyl (C=O) groups excluding carboxylic acids is 1. The van der Waals surface area contributed by atoms with Crippen molar-refractivity contribution in [3.8, 4) is 11.3 Å². The summed E-state index contributed by atoms with van der Waals surface area (Å²) in [6.07, 6.45) is 5.86. The molecule has 3 heterocycles. The molecule has 0 aliphatic carbocycles. The highest BCUT2D eigenvalue weighted by Crippen LogP contribution is 2.24. The van der Waals surface area contributed by atoms with Crippen LogP contribution in [0.3, 0.4) is 0 Å². The molecule has 0 spiro atoms. The Labute approximate surface area is 158 Å². The van der Waals surface area contributed by atoms with Crippen molar-refractivity contribution in [3.05, 3.63) is 48.7 Å². The molecule has 0 saturated carbocycles. The fourth-order valence-electron chi connectivity index (χ4n) is 3.56. The summed E-state index contributed by atoms with van der Waals surface area (Å²) in [4.78, 5) is 23.4. The van der Waals surface area contributed by atoms with Crippen LogP contribution in [0.25, 0.3) is 22.0 Å². The number of nitrogens with zero attached hydrogens (tertiary/aromatic N) is 4. The van der Waals surface area contributed by atoms with Gasteiger partial charge in [-0.15, -0.1) is 0 Å². The normalized spacial score (nSPS) is 18.1. The second-order valence-corrected chi connectivity index (χ2v) is 7.24. The lowest BCUT2D eigenvalue weighted by molar-refractivity contribution is -0.121. The van der Waals surface area contributed by atoms with E-state index in [1.165, 1.54) is 0 Å². The van der Waals surface area contributed by atoms with E-state index in [0.717, 1.165) is 34.3 Å². The Morgan fingerprint density at radius 1 is 1.26 bits per heavy atom. The van der Waals surface area contributed by atoms with E-state index in [0.29, 0.717) is 26.2 Å². The Balaban J connectivity index is 1.52. The average molecular weight is 364 g/mol. The van der Waals surface area contributed by atoms with E-state index in [4.69, 9.17) is 4.74 Å². The van der Waals surface area contributed by atoms with Gasteiger partial charge in [-0.05, 0) is 24.4 Å². The number of fused-ring (bicyclic) bond motifs is 1. The molecular weight excluding hydrogens is 340 g/mol. The summed E-state index contributed by atoms with van der Waals surface area (Å²) in [5.74, 6) is 0.193. The van der Waals surface area contributed by atoms with Crippen LogP contribution in [0.4, 0.5) is 0 Å². The summed E-state index contributed by atoms with van der Waals surface area (Å²) in [5, 5.41) is 2.16. The summed E-state index contributed by atoms with van der Waals surface area (Å²) in [5.41, 5.74) is 2.98. The molecule has 1 aliphatic rings. The van der Waals surface area contributed by atoms with Crippen molar-refractivity contribution < 1.29 is 9.53 Å². The highest BCUT2D eigenvalue weighted by Gasteiger charge is 2.21. The van der Waals surface area contributed by atoms with Crippen LogP contribution in [0, 0.1) is 0 Å². The first-order valence-corrected chi connectivity index (χ1v) is 9.29. The molecule has 6 nitrogen and oxygen atoms in total. The molecular formula is C21H24N4O2. The number of aromatic nitrogens is 3. The Bertz CT molecular complexity index is 966. The number of pyridine rings is 1. The average Bonchev–Trinajstić information content (AvgIpc) is 3.09. The number of ketones is 1. The molecule has 27 heavy (non-hydrogen) atoms. The Hall–Kier alpha value is -2.57. The van der Waals surface area contributed by atoms with Gasteiger partial charge in [0.2, 0.25) is 0 Å². The van der Waals surface area contributed by atoms with Crippen LogP contribution in [0.5, 0.6) is 0 Å². The van der Waals surface area contributed by atoms with E-state index in [1.807, 2.05) is 30.1 Å². The third kappa shape index (κ3) is 3.91. The zero-order valence-corrected chi connectivity index (χ0v) is 15.8. The quantitative estimate of drug-likeness (QED) is 0.696. The second-order valence-electron chi connectivity index (χ2n) is 7.24. The van der Waals surface area contributed by atoms with Gasteiger partial charge in [-0.25, -0.2) is 4.98 Å². The second kappa shape index (κ2) is 7.58.